The molecule has 0 spiro atoms. The van der Waals surface area contributed by atoms with Gasteiger partial charge in [0, 0.05) is 31.0 Å². The van der Waals surface area contributed by atoms with Crippen LogP contribution in [-0.4, -0.2) is 26.3 Å². The lowest BCUT2D eigenvalue weighted by Gasteiger charge is -2.23. The molecule has 2 aromatic rings. The van der Waals surface area contributed by atoms with E-state index >= 15 is 0 Å². The Morgan fingerprint density at radius 1 is 1.22 bits per heavy atom. The van der Waals surface area contributed by atoms with Crippen molar-refractivity contribution in [1.29, 1.82) is 0 Å². The van der Waals surface area contributed by atoms with Gasteiger partial charge in [0.15, 0.2) is 0 Å². The number of methoxy groups -OCH3 is 1. The monoisotopic (exact) mass is 318 g/mol. The van der Waals surface area contributed by atoms with E-state index < -0.39 is 0 Å². The first-order chi connectivity index (χ1) is 11.0. The van der Waals surface area contributed by atoms with E-state index in [-0.39, 0.29) is 18.5 Å². The number of aliphatic hydroxyl groups is 1. The molecule has 5 heteroatoms. The van der Waals surface area contributed by atoms with Gasteiger partial charge in [-0.25, -0.2) is 4.39 Å². The zero-order valence-electron chi connectivity index (χ0n) is 13.9. The highest BCUT2D eigenvalue weighted by molar-refractivity contribution is 5.58. The summed E-state index contributed by atoms with van der Waals surface area (Å²) in [4.78, 5) is 1.89. The van der Waals surface area contributed by atoms with Crippen LogP contribution in [0.1, 0.15) is 24.1 Å². The van der Waals surface area contributed by atoms with Gasteiger partial charge in [-0.05, 0) is 42.8 Å². The fourth-order valence-electron chi connectivity index (χ4n) is 2.59. The van der Waals surface area contributed by atoms with E-state index in [1.54, 1.807) is 13.2 Å². The molecule has 1 unspecified atom stereocenters. The van der Waals surface area contributed by atoms with Gasteiger partial charge < -0.3 is 20.1 Å². The minimum Gasteiger partial charge on any atom is -0.496 e. The maximum absolute atomic E-state index is 13.5. The lowest BCUT2D eigenvalue weighted by molar-refractivity contribution is 0.274. The summed E-state index contributed by atoms with van der Waals surface area (Å²) < 4.78 is 18.7. The molecule has 0 bridgehead atoms. The Hall–Kier alpha value is -2.27. The predicted molar refractivity (Wildman–Crippen MR) is 91.7 cm³/mol. The summed E-state index contributed by atoms with van der Waals surface area (Å²) in [6.45, 7) is 1.93. The molecule has 2 N–H and O–H groups in total. The largest absolute Gasteiger partial charge is 0.496 e. The van der Waals surface area contributed by atoms with Crippen LogP contribution in [-0.2, 0) is 6.61 Å². The van der Waals surface area contributed by atoms with Crippen molar-refractivity contribution in [2.45, 2.75) is 19.6 Å². The van der Waals surface area contributed by atoms with Crippen molar-refractivity contribution in [3.05, 3.63) is 53.3 Å². The van der Waals surface area contributed by atoms with Gasteiger partial charge in [-0.15, -0.1) is 0 Å². The predicted octanol–water partition coefficient (Wildman–Crippen LogP) is 3.57. The van der Waals surface area contributed by atoms with Crippen molar-refractivity contribution >= 4 is 11.4 Å². The Bertz CT molecular complexity index is 674. The molecule has 0 fully saturated rings. The van der Waals surface area contributed by atoms with Crippen molar-refractivity contribution in [3.8, 4) is 5.75 Å². The van der Waals surface area contributed by atoms with Gasteiger partial charge in [0.2, 0.25) is 0 Å². The molecule has 0 aliphatic heterocycles. The van der Waals surface area contributed by atoms with E-state index in [1.807, 2.05) is 44.1 Å². The Morgan fingerprint density at radius 3 is 2.57 bits per heavy atom. The highest BCUT2D eigenvalue weighted by atomic mass is 19.1. The number of hydrogen-bond acceptors (Lipinski definition) is 4. The van der Waals surface area contributed by atoms with E-state index in [0.717, 1.165) is 22.5 Å². The number of nitrogens with one attached hydrogen (secondary N) is 1. The first-order valence-corrected chi connectivity index (χ1v) is 7.47. The minimum absolute atomic E-state index is 0.0204. The number of halogens is 1. The molecule has 2 aromatic carbocycles. The second-order valence-corrected chi connectivity index (χ2v) is 5.65. The molecule has 124 valence electrons. The fourth-order valence-corrected chi connectivity index (χ4v) is 2.59. The van der Waals surface area contributed by atoms with Gasteiger partial charge in [0.25, 0.3) is 0 Å². The molecule has 0 saturated carbocycles. The number of benzene rings is 2. The van der Waals surface area contributed by atoms with Crippen LogP contribution in [0.5, 0.6) is 5.75 Å². The zero-order chi connectivity index (χ0) is 17.0. The second kappa shape index (κ2) is 7.33. The van der Waals surface area contributed by atoms with E-state index in [9.17, 15) is 9.50 Å². The van der Waals surface area contributed by atoms with E-state index in [1.165, 1.54) is 12.1 Å². The number of hydrogen-bond donors (Lipinski definition) is 2. The lowest BCUT2D eigenvalue weighted by Crippen LogP contribution is -2.16. The van der Waals surface area contributed by atoms with Gasteiger partial charge in [-0.3, -0.25) is 0 Å². The number of nitrogens with zero attached hydrogens (tertiary/aromatic N) is 1. The Morgan fingerprint density at radius 2 is 1.96 bits per heavy atom. The third-order valence-electron chi connectivity index (χ3n) is 3.77. The number of anilines is 2. The maximum atomic E-state index is 13.5. The molecule has 1 atom stereocenters. The summed E-state index contributed by atoms with van der Waals surface area (Å²) in [5.41, 5.74) is 3.42. The summed E-state index contributed by atoms with van der Waals surface area (Å²) in [6.07, 6.45) is 0. The summed E-state index contributed by atoms with van der Waals surface area (Å²) >= 11 is 0. The normalized spacial score (nSPS) is 11.9. The topological polar surface area (TPSA) is 44.7 Å². The summed E-state index contributed by atoms with van der Waals surface area (Å²) in [7, 11) is 5.36. The summed E-state index contributed by atoms with van der Waals surface area (Å²) in [6, 6.07) is 10.3. The Balaban J connectivity index is 2.27. The standard InChI is InChI=1S/C18H23FN2O2/c1-12(16-7-5-14(19)10-17(16)21(2)3)20-15-6-8-18(23-4)13(9-15)11-22/h5-10,12,20,22H,11H2,1-4H3. The molecule has 0 saturated heterocycles. The Labute approximate surface area is 136 Å². The lowest BCUT2D eigenvalue weighted by atomic mass is 10.0. The van der Waals surface area contributed by atoms with E-state index in [2.05, 4.69) is 5.32 Å². The number of rotatable bonds is 6. The highest BCUT2D eigenvalue weighted by Crippen LogP contribution is 2.30. The molecule has 4 nitrogen and oxygen atoms in total. The van der Waals surface area contributed by atoms with Crippen molar-refractivity contribution in [2.75, 3.05) is 31.4 Å². The first-order valence-electron chi connectivity index (χ1n) is 7.47. The van der Waals surface area contributed by atoms with Gasteiger partial charge in [-0.2, -0.15) is 0 Å². The smallest absolute Gasteiger partial charge is 0.125 e. The third kappa shape index (κ3) is 3.93. The van der Waals surface area contributed by atoms with Crippen LogP contribution < -0.4 is 15.0 Å². The van der Waals surface area contributed by atoms with Crippen molar-refractivity contribution in [2.24, 2.45) is 0 Å². The van der Waals surface area contributed by atoms with Crippen molar-refractivity contribution in [1.82, 2.24) is 0 Å². The van der Waals surface area contributed by atoms with Crippen LogP contribution in [0.2, 0.25) is 0 Å². The minimum atomic E-state index is -0.253. The summed E-state index contributed by atoms with van der Waals surface area (Å²) in [5.74, 6) is 0.401. The van der Waals surface area contributed by atoms with Gasteiger partial charge in [-0.1, -0.05) is 6.07 Å². The van der Waals surface area contributed by atoms with Gasteiger partial charge in [0.1, 0.15) is 11.6 Å². The highest BCUT2D eigenvalue weighted by Gasteiger charge is 2.14. The second-order valence-electron chi connectivity index (χ2n) is 5.65. The molecule has 0 amide bonds. The van der Waals surface area contributed by atoms with Crippen LogP contribution in [0, 0.1) is 5.82 Å². The molecule has 0 aromatic heterocycles. The van der Waals surface area contributed by atoms with Crippen LogP contribution in [0.4, 0.5) is 15.8 Å². The van der Waals surface area contributed by atoms with Gasteiger partial charge in [0.05, 0.1) is 19.8 Å². The molecule has 2 rings (SSSR count). The van der Waals surface area contributed by atoms with Crippen molar-refractivity contribution < 1.29 is 14.2 Å². The van der Waals surface area contributed by atoms with E-state index in [0.29, 0.717) is 5.75 Å². The first kappa shape index (κ1) is 17.1. The zero-order valence-corrected chi connectivity index (χ0v) is 13.9. The molecule has 0 radical (unpaired) electrons. The maximum Gasteiger partial charge on any atom is 0.125 e. The average Bonchev–Trinajstić information content (AvgIpc) is 2.54. The number of aliphatic hydroxyl groups excluding tert-OH is 1. The van der Waals surface area contributed by atoms with Crippen LogP contribution in [0.3, 0.4) is 0 Å². The Kier molecular flexibility index (Phi) is 5.45. The third-order valence-corrected chi connectivity index (χ3v) is 3.77. The molecule has 0 heterocycles. The SMILES string of the molecule is COc1ccc(NC(C)c2ccc(F)cc2N(C)C)cc1CO. The summed E-state index contributed by atoms with van der Waals surface area (Å²) in [5, 5.41) is 12.8. The average molecular weight is 318 g/mol. The van der Waals surface area contributed by atoms with Crippen LogP contribution in [0.25, 0.3) is 0 Å². The number of ether oxygens (including phenoxy) is 1. The quantitative estimate of drug-likeness (QED) is 0.855. The van der Waals surface area contributed by atoms with E-state index in [4.69, 9.17) is 4.74 Å². The fraction of sp³-hybridized carbons (Fsp3) is 0.333. The molecule has 0 aliphatic carbocycles. The molecular weight excluding hydrogens is 295 g/mol. The van der Waals surface area contributed by atoms with Gasteiger partial charge >= 0.3 is 0 Å². The molecule has 23 heavy (non-hydrogen) atoms. The molecular formula is C18H23FN2O2. The van der Waals surface area contributed by atoms with Crippen LogP contribution in [0.15, 0.2) is 36.4 Å². The molecule has 0 aliphatic rings. The van der Waals surface area contributed by atoms with Crippen molar-refractivity contribution in [3.63, 3.8) is 0 Å². The van der Waals surface area contributed by atoms with Crippen LogP contribution >= 0.6 is 0 Å².